The summed E-state index contributed by atoms with van der Waals surface area (Å²) in [6.45, 7) is 5.00. The molecule has 0 aliphatic heterocycles. The Bertz CT molecular complexity index is 518. The van der Waals surface area contributed by atoms with Crippen molar-refractivity contribution in [2.75, 3.05) is 0 Å². The number of aromatic nitrogens is 1. The number of hydrogen-bond donors (Lipinski definition) is 0. The number of hydrogen-bond acceptors (Lipinski definition) is 0. The van der Waals surface area contributed by atoms with Gasteiger partial charge in [0.1, 0.15) is 0 Å². The molecule has 1 heterocycles. The second-order valence-corrected chi connectivity index (χ2v) is 3.15. The van der Waals surface area contributed by atoms with Gasteiger partial charge in [-0.2, -0.15) is 6.92 Å². The van der Waals surface area contributed by atoms with Gasteiger partial charge in [0.2, 0.25) is 0 Å². The van der Waals surface area contributed by atoms with Crippen molar-refractivity contribution < 1.29 is 0 Å². The van der Waals surface area contributed by atoms with Crippen LogP contribution in [0.25, 0.3) is 21.8 Å². The van der Waals surface area contributed by atoms with Crippen LogP contribution in [0.1, 0.15) is 6.92 Å². The number of benzene rings is 2. The zero-order valence-corrected chi connectivity index (χ0v) is 10.9. The van der Waals surface area contributed by atoms with Crippen LogP contribution in [-0.4, -0.2) is 23.1 Å². The van der Waals surface area contributed by atoms with Crippen molar-refractivity contribution in [1.82, 2.24) is 4.98 Å². The molecule has 0 aliphatic carbocycles. The van der Waals surface area contributed by atoms with E-state index in [2.05, 4.69) is 48.3 Å². The van der Waals surface area contributed by atoms with Gasteiger partial charge < -0.3 is 11.9 Å². The molecule has 0 unspecified atom stereocenters. The Labute approximate surface area is 112 Å². The Morgan fingerprint density at radius 1 is 0.750 bits per heavy atom. The predicted octanol–water partition coefficient (Wildman–Crippen LogP) is 3.41. The van der Waals surface area contributed by atoms with Crippen LogP contribution in [0, 0.1) is 6.92 Å². The third-order valence-electron chi connectivity index (χ3n) is 2.34. The molecule has 0 atom stereocenters. The van der Waals surface area contributed by atoms with E-state index < -0.39 is 0 Å². The van der Waals surface area contributed by atoms with Gasteiger partial charge >= 0.3 is 23.1 Å². The number of rotatable bonds is 0. The standard InChI is InChI=1S/C12H8N.C2H5.Mg/c1-3-7-11-9(5-1)10-6-2-4-8-12(10)13-11;1-2;/h1-8H;1H2,2H3;/q2*-1;+2. The van der Waals surface area contributed by atoms with Crippen molar-refractivity contribution in [3.8, 4) is 0 Å². The van der Waals surface area contributed by atoms with Crippen molar-refractivity contribution >= 4 is 44.9 Å². The maximum atomic E-state index is 4.52. The van der Waals surface area contributed by atoms with E-state index in [9.17, 15) is 0 Å². The molecule has 0 spiro atoms. The molecule has 0 aliphatic rings. The number of nitrogens with zero attached hydrogens (tertiary/aromatic N) is 1. The van der Waals surface area contributed by atoms with Gasteiger partial charge in [-0.1, -0.05) is 48.5 Å². The van der Waals surface area contributed by atoms with Crippen molar-refractivity contribution in [3.63, 3.8) is 0 Å². The van der Waals surface area contributed by atoms with Crippen LogP contribution in [0.3, 0.4) is 0 Å². The summed E-state index contributed by atoms with van der Waals surface area (Å²) in [5.74, 6) is 0. The molecule has 76 valence electrons. The fraction of sp³-hybridized carbons (Fsp3) is 0.0714. The zero-order valence-electron chi connectivity index (χ0n) is 9.48. The Balaban J connectivity index is 0.000000406. The minimum Gasteiger partial charge on any atom is -0.657 e. The molecule has 0 amide bonds. The third-order valence-corrected chi connectivity index (χ3v) is 2.34. The Morgan fingerprint density at radius 2 is 1.12 bits per heavy atom. The zero-order chi connectivity index (χ0) is 10.7. The molecule has 0 bridgehead atoms. The first-order chi connectivity index (χ1) is 7.45. The van der Waals surface area contributed by atoms with Crippen LogP contribution in [0.5, 0.6) is 0 Å². The van der Waals surface area contributed by atoms with E-state index in [0.717, 1.165) is 11.0 Å². The van der Waals surface area contributed by atoms with Crippen LogP contribution < -0.4 is 4.98 Å². The molecule has 16 heavy (non-hydrogen) atoms. The van der Waals surface area contributed by atoms with Gasteiger partial charge in [0.25, 0.3) is 0 Å². The smallest absolute Gasteiger partial charge is 0.657 e. The van der Waals surface area contributed by atoms with Gasteiger partial charge in [0, 0.05) is 0 Å². The molecular weight excluding hydrogens is 206 g/mol. The topological polar surface area (TPSA) is 14.1 Å². The maximum Gasteiger partial charge on any atom is 2.00 e. The van der Waals surface area contributed by atoms with E-state index in [1.807, 2.05) is 12.1 Å². The first-order valence-electron chi connectivity index (χ1n) is 5.06. The van der Waals surface area contributed by atoms with Crippen LogP contribution in [-0.2, 0) is 0 Å². The quantitative estimate of drug-likeness (QED) is 0.417. The monoisotopic (exact) mass is 219 g/mol. The summed E-state index contributed by atoms with van der Waals surface area (Å²) >= 11 is 0. The summed E-state index contributed by atoms with van der Waals surface area (Å²) in [7, 11) is 0. The average Bonchev–Trinajstić information content (AvgIpc) is 2.70. The Hall–Kier alpha value is -0.994. The largest absolute Gasteiger partial charge is 2.00 e. The van der Waals surface area contributed by atoms with E-state index in [-0.39, 0.29) is 23.1 Å². The second-order valence-electron chi connectivity index (χ2n) is 3.15. The molecule has 0 fully saturated rings. The molecule has 3 aromatic rings. The van der Waals surface area contributed by atoms with Crippen molar-refractivity contribution in [3.05, 3.63) is 55.5 Å². The molecule has 2 heteroatoms. The second kappa shape index (κ2) is 5.92. The SMILES string of the molecule is [CH2-]C.[Mg+2].c1ccc2c(c1)[n-]c1ccccc12. The average molecular weight is 220 g/mol. The van der Waals surface area contributed by atoms with Crippen LogP contribution >= 0.6 is 0 Å². The summed E-state index contributed by atoms with van der Waals surface area (Å²) in [6.07, 6.45) is 0. The number of fused-ring (bicyclic) bond motifs is 3. The summed E-state index contributed by atoms with van der Waals surface area (Å²) in [4.78, 5) is 4.52. The normalized spacial score (nSPS) is 9.38. The first-order valence-corrected chi connectivity index (χ1v) is 5.06. The third kappa shape index (κ3) is 2.23. The molecule has 0 radical (unpaired) electrons. The van der Waals surface area contributed by atoms with E-state index in [4.69, 9.17) is 0 Å². The van der Waals surface area contributed by atoms with Gasteiger partial charge in [-0.25, -0.2) is 0 Å². The minimum absolute atomic E-state index is 0. The van der Waals surface area contributed by atoms with Gasteiger partial charge in [-0.05, 0) is 10.8 Å². The van der Waals surface area contributed by atoms with E-state index in [0.29, 0.717) is 0 Å². The predicted molar refractivity (Wildman–Crippen MR) is 71.6 cm³/mol. The van der Waals surface area contributed by atoms with Gasteiger partial charge in [0.05, 0.1) is 0 Å². The van der Waals surface area contributed by atoms with E-state index in [1.54, 1.807) is 6.92 Å². The van der Waals surface area contributed by atoms with Gasteiger partial charge in [-0.15, -0.1) is 11.0 Å². The first kappa shape index (κ1) is 13.1. The summed E-state index contributed by atoms with van der Waals surface area (Å²) in [5, 5.41) is 2.50. The Kier molecular flexibility index (Phi) is 4.84. The molecule has 3 rings (SSSR count). The van der Waals surface area contributed by atoms with Crippen molar-refractivity contribution in [1.29, 1.82) is 0 Å². The molecular formula is C14H13MgN. The molecule has 2 aromatic carbocycles. The Morgan fingerprint density at radius 3 is 1.56 bits per heavy atom. The molecule has 0 saturated heterocycles. The van der Waals surface area contributed by atoms with Crippen LogP contribution in [0.15, 0.2) is 48.5 Å². The fourth-order valence-corrected chi connectivity index (χ4v) is 1.73. The van der Waals surface area contributed by atoms with Gasteiger partial charge in [0.15, 0.2) is 0 Å². The molecule has 1 nitrogen and oxygen atoms in total. The molecule has 1 aromatic heterocycles. The molecule has 0 N–H and O–H groups in total. The number of para-hydroxylation sites is 2. The summed E-state index contributed by atoms with van der Waals surface area (Å²) < 4.78 is 0. The molecule has 0 saturated carbocycles. The van der Waals surface area contributed by atoms with Crippen LogP contribution in [0.2, 0.25) is 0 Å². The van der Waals surface area contributed by atoms with E-state index in [1.165, 1.54) is 10.8 Å². The van der Waals surface area contributed by atoms with Crippen molar-refractivity contribution in [2.45, 2.75) is 6.92 Å². The summed E-state index contributed by atoms with van der Waals surface area (Å²) in [6, 6.07) is 16.5. The van der Waals surface area contributed by atoms with Gasteiger partial charge in [-0.3, -0.25) is 0 Å². The van der Waals surface area contributed by atoms with Crippen molar-refractivity contribution in [2.24, 2.45) is 0 Å². The van der Waals surface area contributed by atoms with E-state index >= 15 is 0 Å². The maximum absolute atomic E-state index is 4.52. The minimum atomic E-state index is 0. The fourth-order valence-electron chi connectivity index (χ4n) is 1.73. The summed E-state index contributed by atoms with van der Waals surface area (Å²) in [5.41, 5.74) is 2.17. The van der Waals surface area contributed by atoms with Crippen LogP contribution in [0.4, 0.5) is 0 Å².